The first-order valence-corrected chi connectivity index (χ1v) is 12.3. The largest absolute Gasteiger partial charge is 0.440 e. The first-order chi connectivity index (χ1) is 14.3. The van der Waals surface area contributed by atoms with Gasteiger partial charge in [-0.2, -0.15) is 17.0 Å². The first kappa shape index (κ1) is 21.4. The van der Waals surface area contributed by atoms with Crippen molar-refractivity contribution in [3.8, 4) is 10.8 Å². The van der Waals surface area contributed by atoms with Crippen LogP contribution in [0.25, 0.3) is 10.8 Å². The standard InChI is InChI=1S/C19H27N5O4S2/c1-15-16(20-19(28-15)17-4-3-13-29-17)14-18(25)22-7-11-24(12-8-22)30(26,27)23-9-5-21(2)6-10-23/h3-4,13H,5-12,14H2,1-2H3. The van der Waals surface area contributed by atoms with Gasteiger partial charge in [-0.05, 0) is 25.4 Å². The lowest BCUT2D eigenvalue weighted by atomic mass is 10.2. The van der Waals surface area contributed by atoms with E-state index in [0.717, 1.165) is 18.0 Å². The zero-order valence-corrected chi connectivity index (χ0v) is 18.9. The van der Waals surface area contributed by atoms with E-state index in [4.69, 9.17) is 4.42 Å². The van der Waals surface area contributed by atoms with E-state index in [0.29, 0.717) is 56.6 Å². The van der Waals surface area contributed by atoms with Gasteiger partial charge in [0.2, 0.25) is 11.8 Å². The van der Waals surface area contributed by atoms with Gasteiger partial charge < -0.3 is 14.2 Å². The molecule has 1 amide bonds. The van der Waals surface area contributed by atoms with Crippen LogP contribution in [0.2, 0.25) is 0 Å². The Morgan fingerprint density at radius 3 is 2.33 bits per heavy atom. The molecule has 11 heteroatoms. The quantitative estimate of drug-likeness (QED) is 0.668. The van der Waals surface area contributed by atoms with E-state index in [1.807, 2.05) is 31.5 Å². The van der Waals surface area contributed by atoms with Crippen LogP contribution in [0.5, 0.6) is 0 Å². The predicted octanol–water partition coefficient (Wildman–Crippen LogP) is 0.890. The molecule has 30 heavy (non-hydrogen) atoms. The molecule has 2 aromatic heterocycles. The average Bonchev–Trinajstić information content (AvgIpc) is 3.39. The molecule has 2 saturated heterocycles. The summed E-state index contributed by atoms with van der Waals surface area (Å²) < 4.78 is 34.5. The Labute approximate surface area is 181 Å². The third-order valence-electron chi connectivity index (χ3n) is 5.65. The van der Waals surface area contributed by atoms with Crippen molar-refractivity contribution in [1.29, 1.82) is 0 Å². The summed E-state index contributed by atoms with van der Waals surface area (Å²) in [6, 6.07) is 3.86. The molecule has 2 aliphatic rings. The molecule has 0 spiro atoms. The number of oxazole rings is 1. The molecular formula is C19H27N5O4S2. The molecule has 9 nitrogen and oxygen atoms in total. The van der Waals surface area contributed by atoms with Crippen LogP contribution in [-0.2, 0) is 21.4 Å². The molecule has 2 fully saturated rings. The van der Waals surface area contributed by atoms with Crippen LogP contribution in [0.3, 0.4) is 0 Å². The number of aryl methyl sites for hydroxylation is 1. The molecule has 164 valence electrons. The lowest BCUT2D eigenvalue weighted by Gasteiger charge is -2.39. The number of hydrogen-bond acceptors (Lipinski definition) is 7. The molecule has 0 saturated carbocycles. The summed E-state index contributed by atoms with van der Waals surface area (Å²) in [4.78, 5) is 22.0. The maximum Gasteiger partial charge on any atom is 0.282 e. The molecule has 2 aliphatic heterocycles. The summed E-state index contributed by atoms with van der Waals surface area (Å²) in [6.07, 6.45) is 0.159. The number of hydrogen-bond donors (Lipinski definition) is 0. The van der Waals surface area contributed by atoms with Crippen molar-refractivity contribution in [3.05, 3.63) is 29.0 Å². The highest BCUT2D eigenvalue weighted by Gasteiger charge is 2.34. The number of nitrogens with zero attached hydrogens (tertiary/aromatic N) is 5. The monoisotopic (exact) mass is 453 g/mol. The SMILES string of the molecule is Cc1oc(-c2cccs2)nc1CC(=O)N1CCN(S(=O)(=O)N2CCN(C)CC2)CC1. The second-order valence-electron chi connectivity index (χ2n) is 7.67. The smallest absolute Gasteiger partial charge is 0.282 e. The normalized spacial score (nSPS) is 20.0. The topological polar surface area (TPSA) is 90.2 Å². The summed E-state index contributed by atoms with van der Waals surface area (Å²) in [6.45, 7) is 5.72. The number of aromatic nitrogens is 1. The third kappa shape index (κ3) is 4.45. The van der Waals surface area contributed by atoms with Crippen LogP contribution >= 0.6 is 11.3 Å². The third-order valence-corrected chi connectivity index (χ3v) is 8.54. The van der Waals surface area contributed by atoms with Crippen molar-refractivity contribution in [2.45, 2.75) is 13.3 Å². The summed E-state index contributed by atoms with van der Waals surface area (Å²) >= 11 is 1.54. The van der Waals surface area contributed by atoms with Crippen molar-refractivity contribution in [2.24, 2.45) is 0 Å². The first-order valence-electron chi connectivity index (χ1n) is 10.1. The van der Waals surface area contributed by atoms with Gasteiger partial charge >= 0.3 is 0 Å². The van der Waals surface area contributed by atoms with Crippen LogP contribution in [0.4, 0.5) is 0 Å². The van der Waals surface area contributed by atoms with Crippen LogP contribution in [0.15, 0.2) is 21.9 Å². The number of piperazine rings is 2. The Morgan fingerprint density at radius 1 is 1.10 bits per heavy atom. The highest BCUT2D eigenvalue weighted by Crippen LogP contribution is 2.26. The van der Waals surface area contributed by atoms with Crippen LogP contribution in [0.1, 0.15) is 11.5 Å². The van der Waals surface area contributed by atoms with E-state index >= 15 is 0 Å². The van der Waals surface area contributed by atoms with Gasteiger partial charge in [0.1, 0.15) is 5.76 Å². The lowest BCUT2D eigenvalue weighted by molar-refractivity contribution is -0.131. The molecule has 4 rings (SSSR count). The second kappa shape index (κ2) is 8.75. The Morgan fingerprint density at radius 2 is 1.73 bits per heavy atom. The van der Waals surface area contributed by atoms with Gasteiger partial charge in [0.15, 0.2) is 0 Å². The molecule has 0 unspecified atom stereocenters. The van der Waals surface area contributed by atoms with Crippen molar-refractivity contribution < 1.29 is 17.6 Å². The van der Waals surface area contributed by atoms with E-state index in [1.54, 1.807) is 9.21 Å². The van der Waals surface area contributed by atoms with Crippen molar-refractivity contribution in [2.75, 3.05) is 59.4 Å². The van der Waals surface area contributed by atoms with E-state index in [1.165, 1.54) is 15.6 Å². The summed E-state index contributed by atoms with van der Waals surface area (Å²) in [5, 5.41) is 1.95. The number of carbonyl (C=O) groups is 1. The van der Waals surface area contributed by atoms with E-state index in [2.05, 4.69) is 9.88 Å². The fourth-order valence-electron chi connectivity index (χ4n) is 3.70. The van der Waals surface area contributed by atoms with Gasteiger partial charge in [-0.1, -0.05) is 6.07 Å². The molecule has 0 aromatic carbocycles. The molecule has 0 radical (unpaired) electrons. The number of amides is 1. The number of rotatable bonds is 5. The Hall–Kier alpha value is -1.79. The van der Waals surface area contributed by atoms with Crippen molar-refractivity contribution in [1.82, 2.24) is 23.4 Å². The average molecular weight is 454 g/mol. The second-order valence-corrected chi connectivity index (χ2v) is 10.5. The molecule has 4 heterocycles. The van der Waals surface area contributed by atoms with Gasteiger partial charge in [0.05, 0.1) is 17.0 Å². The van der Waals surface area contributed by atoms with Crippen LogP contribution < -0.4 is 0 Å². The molecule has 0 N–H and O–H groups in total. The minimum Gasteiger partial charge on any atom is -0.440 e. The van der Waals surface area contributed by atoms with Gasteiger partial charge in [-0.3, -0.25) is 4.79 Å². The molecule has 0 bridgehead atoms. The maximum atomic E-state index is 12.9. The van der Waals surface area contributed by atoms with E-state index < -0.39 is 10.2 Å². The number of likely N-dealkylation sites (N-methyl/N-ethyl adjacent to an activating group) is 1. The predicted molar refractivity (Wildman–Crippen MR) is 114 cm³/mol. The Bertz CT molecular complexity index is 973. The summed E-state index contributed by atoms with van der Waals surface area (Å²) in [5.74, 6) is 1.12. The number of carbonyl (C=O) groups excluding carboxylic acids is 1. The van der Waals surface area contributed by atoms with Gasteiger partial charge in [0.25, 0.3) is 10.2 Å². The van der Waals surface area contributed by atoms with Crippen LogP contribution in [-0.4, -0.2) is 97.1 Å². The minimum atomic E-state index is -3.47. The Kier molecular flexibility index (Phi) is 6.26. The van der Waals surface area contributed by atoms with E-state index in [-0.39, 0.29) is 12.3 Å². The molecular weight excluding hydrogens is 426 g/mol. The van der Waals surface area contributed by atoms with Crippen LogP contribution in [0, 0.1) is 6.92 Å². The fraction of sp³-hybridized carbons (Fsp3) is 0.579. The highest BCUT2D eigenvalue weighted by atomic mass is 32.2. The highest BCUT2D eigenvalue weighted by molar-refractivity contribution is 7.86. The molecule has 0 aliphatic carbocycles. The minimum absolute atomic E-state index is 0.0548. The fourth-order valence-corrected chi connectivity index (χ4v) is 5.93. The van der Waals surface area contributed by atoms with Crippen molar-refractivity contribution >= 4 is 27.5 Å². The van der Waals surface area contributed by atoms with E-state index in [9.17, 15) is 13.2 Å². The van der Waals surface area contributed by atoms with Gasteiger partial charge in [0, 0.05) is 52.4 Å². The van der Waals surface area contributed by atoms with Crippen molar-refractivity contribution in [3.63, 3.8) is 0 Å². The zero-order chi connectivity index (χ0) is 21.3. The zero-order valence-electron chi connectivity index (χ0n) is 17.3. The maximum absolute atomic E-state index is 12.9. The summed E-state index contributed by atoms with van der Waals surface area (Å²) in [5.41, 5.74) is 0.635. The molecule has 2 aromatic rings. The molecule has 0 atom stereocenters. The number of thiophene rings is 1. The van der Waals surface area contributed by atoms with Gasteiger partial charge in [-0.25, -0.2) is 4.98 Å². The lowest BCUT2D eigenvalue weighted by Crippen LogP contribution is -2.57. The van der Waals surface area contributed by atoms with Gasteiger partial charge in [-0.15, -0.1) is 11.3 Å². The Balaban J connectivity index is 1.34. The summed E-state index contributed by atoms with van der Waals surface area (Å²) in [7, 11) is -1.47.